The summed E-state index contributed by atoms with van der Waals surface area (Å²) in [5.41, 5.74) is 0.943. The Morgan fingerprint density at radius 3 is 2.83 bits per heavy atom. The third kappa shape index (κ3) is 3.04. The van der Waals surface area contributed by atoms with Crippen LogP contribution in [0.5, 0.6) is 0 Å². The zero-order chi connectivity index (χ0) is 13.0. The maximum atomic E-state index is 5.16. The van der Waals surface area contributed by atoms with Crippen molar-refractivity contribution < 1.29 is 4.74 Å². The number of nitrogens with zero attached hydrogens (tertiary/aromatic N) is 3. The third-order valence-corrected chi connectivity index (χ3v) is 4.28. The molecule has 0 aliphatic heterocycles. The second-order valence-electron chi connectivity index (χ2n) is 3.78. The molecule has 0 spiro atoms. The molecule has 0 unspecified atom stereocenters. The average molecular weight is 284 g/mol. The molecule has 2 rings (SSSR count). The smallest absolute Gasteiger partial charge is 0.206 e. The molecule has 0 radical (unpaired) electrons. The molecule has 2 aromatic rings. The summed E-state index contributed by atoms with van der Waals surface area (Å²) in [6.07, 6.45) is 1.07. The van der Waals surface area contributed by atoms with Crippen molar-refractivity contribution in [2.75, 3.05) is 19.0 Å². The lowest BCUT2D eigenvalue weighted by molar-refractivity contribution is 0.182. The van der Waals surface area contributed by atoms with Gasteiger partial charge in [-0.3, -0.25) is 0 Å². The average Bonchev–Trinajstić information content (AvgIpc) is 2.94. The van der Waals surface area contributed by atoms with Gasteiger partial charge in [-0.25, -0.2) is 4.98 Å². The zero-order valence-electron chi connectivity index (χ0n) is 10.7. The van der Waals surface area contributed by atoms with Gasteiger partial charge in [-0.15, -0.1) is 21.5 Å². The molecule has 0 aromatic carbocycles. The highest BCUT2D eigenvalue weighted by Gasteiger charge is 2.15. The minimum Gasteiger partial charge on any atom is -0.378 e. The number of aryl methyl sites for hydroxylation is 1. The topological polar surface area (TPSA) is 59.9 Å². The number of hydrogen-bond acceptors (Lipinski definition) is 7. The third-order valence-electron chi connectivity index (χ3n) is 2.23. The van der Waals surface area contributed by atoms with Crippen molar-refractivity contribution >= 4 is 27.8 Å². The summed E-state index contributed by atoms with van der Waals surface area (Å²) in [5, 5.41) is 14.4. The van der Waals surface area contributed by atoms with Gasteiger partial charge in [0.2, 0.25) is 5.13 Å². The maximum Gasteiger partial charge on any atom is 0.206 e. The molecule has 0 saturated heterocycles. The van der Waals surface area contributed by atoms with Gasteiger partial charge in [-0.1, -0.05) is 18.3 Å². The normalized spacial score (nSPS) is 10.8. The SMILES string of the molecule is CCCNc1nnc(-c2sc(C)nc2COC)s1. The quantitative estimate of drug-likeness (QED) is 0.883. The van der Waals surface area contributed by atoms with E-state index in [-0.39, 0.29) is 0 Å². The summed E-state index contributed by atoms with van der Waals surface area (Å²) in [5.74, 6) is 0. The van der Waals surface area contributed by atoms with Crippen LogP contribution in [0.4, 0.5) is 5.13 Å². The van der Waals surface area contributed by atoms with E-state index in [0.29, 0.717) is 6.61 Å². The highest BCUT2D eigenvalue weighted by atomic mass is 32.1. The fourth-order valence-electron chi connectivity index (χ4n) is 1.49. The first-order valence-corrected chi connectivity index (χ1v) is 7.41. The predicted molar refractivity (Wildman–Crippen MR) is 75.2 cm³/mol. The Morgan fingerprint density at radius 1 is 1.28 bits per heavy atom. The highest BCUT2D eigenvalue weighted by Crippen LogP contribution is 2.34. The van der Waals surface area contributed by atoms with Crippen LogP contribution >= 0.6 is 22.7 Å². The number of ether oxygens (including phenoxy) is 1. The lowest BCUT2D eigenvalue weighted by atomic mass is 10.4. The van der Waals surface area contributed by atoms with E-state index in [1.165, 1.54) is 0 Å². The molecule has 0 fully saturated rings. The van der Waals surface area contributed by atoms with Crippen LogP contribution in [-0.2, 0) is 11.3 Å². The molecule has 0 saturated carbocycles. The minimum atomic E-state index is 0.511. The van der Waals surface area contributed by atoms with Crippen LogP contribution in [0.25, 0.3) is 9.88 Å². The van der Waals surface area contributed by atoms with Crippen molar-refractivity contribution in [3.05, 3.63) is 10.7 Å². The van der Waals surface area contributed by atoms with Crippen LogP contribution < -0.4 is 5.32 Å². The van der Waals surface area contributed by atoms with Crippen molar-refractivity contribution in [1.29, 1.82) is 0 Å². The number of thiazole rings is 1. The van der Waals surface area contributed by atoms with E-state index in [1.54, 1.807) is 29.8 Å². The number of hydrogen-bond donors (Lipinski definition) is 1. The van der Waals surface area contributed by atoms with Gasteiger partial charge in [-0.2, -0.15) is 0 Å². The molecule has 98 valence electrons. The summed E-state index contributed by atoms with van der Waals surface area (Å²) in [7, 11) is 1.67. The van der Waals surface area contributed by atoms with Crippen LogP contribution in [0.3, 0.4) is 0 Å². The van der Waals surface area contributed by atoms with Crippen LogP contribution in [0.15, 0.2) is 0 Å². The monoisotopic (exact) mass is 284 g/mol. The van der Waals surface area contributed by atoms with Crippen LogP contribution in [0, 0.1) is 6.92 Å². The van der Waals surface area contributed by atoms with Crippen molar-refractivity contribution in [1.82, 2.24) is 15.2 Å². The summed E-state index contributed by atoms with van der Waals surface area (Å²) in [4.78, 5) is 5.53. The van der Waals surface area contributed by atoms with Crippen molar-refractivity contribution in [3.8, 4) is 9.88 Å². The number of nitrogens with one attached hydrogen (secondary N) is 1. The first-order chi connectivity index (χ1) is 8.74. The maximum absolute atomic E-state index is 5.16. The van der Waals surface area contributed by atoms with Crippen LogP contribution in [0.1, 0.15) is 24.0 Å². The fourth-order valence-corrected chi connectivity index (χ4v) is 3.27. The van der Waals surface area contributed by atoms with E-state index in [9.17, 15) is 0 Å². The Morgan fingerprint density at radius 2 is 2.11 bits per heavy atom. The van der Waals surface area contributed by atoms with Crippen LogP contribution in [-0.4, -0.2) is 28.8 Å². The first-order valence-electron chi connectivity index (χ1n) is 5.77. The van der Waals surface area contributed by atoms with E-state index < -0.39 is 0 Å². The fraction of sp³-hybridized carbons (Fsp3) is 0.545. The molecule has 2 heterocycles. The van der Waals surface area contributed by atoms with E-state index in [0.717, 1.165) is 38.7 Å². The lowest BCUT2D eigenvalue weighted by Gasteiger charge is -1.97. The van der Waals surface area contributed by atoms with Gasteiger partial charge in [0.25, 0.3) is 0 Å². The number of methoxy groups -OCH3 is 1. The second kappa shape index (κ2) is 6.21. The van der Waals surface area contributed by atoms with E-state index in [2.05, 4.69) is 27.4 Å². The Labute approximate surface area is 114 Å². The van der Waals surface area contributed by atoms with Crippen molar-refractivity contribution in [3.63, 3.8) is 0 Å². The Hall–Kier alpha value is -1.05. The molecule has 0 aliphatic carbocycles. The summed E-state index contributed by atoms with van der Waals surface area (Å²) in [6.45, 7) is 5.54. The molecular weight excluding hydrogens is 268 g/mol. The number of aromatic nitrogens is 3. The summed E-state index contributed by atoms with van der Waals surface area (Å²) in [6, 6.07) is 0. The second-order valence-corrected chi connectivity index (χ2v) is 5.96. The number of anilines is 1. The van der Waals surface area contributed by atoms with Gasteiger partial charge in [0.05, 0.1) is 22.2 Å². The molecule has 0 atom stereocenters. The van der Waals surface area contributed by atoms with Gasteiger partial charge in [0.15, 0.2) is 5.01 Å². The van der Waals surface area contributed by atoms with Gasteiger partial charge in [0, 0.05) is 13.7 Å². The standard InChI is InChI=1S/C11H16N4OS2/c1-4-5-12-11-15-14-10(18-11)9-8(6-16-3)13-7(2)17-9/h4-6H2,1-3H3,(H,12,15). The van der Waals surface area contributed by atoms with Crippen LogP contribution in [0.2, 0.25) is 0 Å². The summed E-state index contributed by atoms with van der Waals surface area (Å²) < 4.78 is 5.16. The van der Waals surface area contributed by atoms with Gasteiger partial charge < -0.3 is 10.1 Å². The molecule has 7 heteroatoms. The first kappa shape index (κ1) is 13.4. The summed E-state index contributed by atoms with van der Waals surface area (Å²) >= 11 is 3.19. The molecule has 5 nitrogen and oxygen atoms in total. The molecule has 1 N–H and O–H groups in total. The molecular formula is C11H16N4OS2. The number of rotatable bonds is 6. The van der Waals surface area contributed by atoms with Gasteiger partial charge >= 0.3 is 0 Å². The minimum absolute atomic E-state index is 0.511. The molecule has 0 bridgehead atoms. The largest absolute Gasteiger partial charge is 0.378 e. The Balaban J connectivity index is 2.22. The van der Waals surface area contributed by atoms with E-state index in [4.69, 9.17) is 4.74 Å². The van der Waals surface area contributed by atoms with E-state index >= 15 is 0 Å². The Kier molecular flexibility index (Phi) is 4.62. The van der Waals surface area contributed by atoms with Gasteiger partial charge in [-0.05, 0) is 13.3 Å². The highest BCUT2D eigenvalue weighted by molar-refractivity contribution is 7.23. The Bertz CT molecular complexity index is 509. The molecule has 18 heavy (non-hydrogen) atoms. The lowest BCUT2D eigenvalue weighted by Crippen LogP contribution is -1.98. The van der Waals surface area contributed by atoms with Gasteiger partial charge in [0.1, 0.15) is 0 Å². The molecule has 2 aromatic heterocycles. The predicted octanol–water partition coefficient (Wildman–Crippen LogP) is 2.94. The molecule has 0 aliphatic rings. The molecule has 0 amide bonds. The van der Waals surface area contributed by atoms with Crippen molar-refractivity contribution in [2.24, 2.45) is 0 Å². The zero-order valence-corrected chi connectivity index (χ0v) is 12.3. The van der Waals surface area contributed by atoms with E-state index in [1.807, 2.05) is 6.92 Å². The van der Waals surface area contributed by atoms with Crippen molar-refractivity contribution in [2.45, 2.75) is 26.9 Å².